The maximum absolute atomic E-state index is 13.0. The average Bonchev–Trinajstić information content (AvgIpc) is 2.90. The van der Waals surface area contributed by atoms with Gasteiger partial charge in [-0.2, -0.15) is 5.10 Å². The highest BCUT2D eigenvalue weighted by atomic mass is 19.1. The highest BCUT2D eigenvalue weighted by Gasteiger charge is 2.22. The van der Waals surface area contributed by atoms with E-state index in [2.05, 4.69) is 10.4 Å². The molecule has 0 saturated carbocycles. The Bertz CT molecular complexity index is 1040. The standard InChI is InChI=1S/C21H22FN5O2/c22-18-8-6-16(7-9-18)14-23-20(28)25-11-10-19-24-27(21(29)26(19)13-12-25)15-17-4-2-1-3-5-17/h1-9H,10-15H2,(H,23,28). The van der Waals surface area contributed by atoms with E-state index in [9.17, 15) is 14.0 Å². The van der Waals surface area contributed by atoms with E-state index in [1.54, 1.807) is 21.6 Å². The number of fused-ring (bicyclic) bond motifs is 1. The molecule has 29 heavy (non-hydrogen) atoms. The van der Waals surface area contributed by atoms with Crippen molar-refractivity contribution in [1.82, 2.24) is 24.6 Å². The van der Waals surface area contributed by atoms with Crippen LogP contribution in [0.4, 0.5) is 9.18 Å². The van der Waals surface area contributed by atoms with Crippen LogP contribution in [-0.4, -0.2) is 38.4 Å². The van der Waals surface area contributed by atoms with Gasteiger partial charge in [0.2, 0.25) is 0 Å². The number of hydrogen-bond donors (Lipinski definition) is 1. The Morgan fingerprint density at radius 2 is 1.76 bits per heavy atom. The minimum absolute atomic E-state index is 0.155. The van der Waals surface area contributed by atoms with Crippen molar-refractivity contribution in [3.05, 3.63) is 87.9 Å². The van der Waals surface area contributed by atoms with Gasteiger partial charge in [0.15, 0.2) is 0 Å². The van der Waals surface area contributed by atoms with Crippen molar-refractivity contribution in [2.75, 3.05) is 13.1 Å². The summed E-state index contributed by atoms with van der Waals surface area (Å²) in [5, 5.41) is 7.32. The van der Waals surface area contributed by atoms with E-state index in [1.807, 2.05) is 30.3 Å². The van der Waals surface area contributed by atoms with Crippen LogP contribution in [0.5, 0.6) is 0 Å². The number of rotatable bonds is 4. The lowest BCUT2D eigenvalue weighted by Gasteiger charge is -2.20. The number of carbonyl (C=O) groups excluding carboxylic acids is 1. The Labute approximate surface area is 167 Å². The molecule has 0 saturated heterocycles. The third-order valence-corrected chi connectivity index (χ3v) is 5.02. The molecule has 0 unspecified atom stereocenters. The summed E-state index contributed by atoms with van der Waals surface area (Å²) in [5.74, 6) is 0.389. The van der Waals surface area contributed by atoms with E-state index in [-0.39, 0.29) is 17.5 Å². The smallest absolute Gasteiger partial charge is 0.334 e. The van der Waals surface area contributed by atoms with Gasteiger partial charge in [-0.05, 0) is 23.3 Å². The first-order valence-electron chi connectivity index (χ1n) is 9.58. The zero-order chi connectivity index (χ0) is 20.2. The maximum Gasteiger partial charge on any atom is 0.346 e. The van der Waals surface area contributed by atoms with E-state index in [1.165, 1.54) is 16.8 Å². The minimum Gasteiger partial charge on any atom is -0.334 e. The van der Waals surface area contributed by atoms with Crippen LogP contribution >= 0.6 is 0 Å². The quantitative estimate of drug-likeness (QED) is 0.735. The SMILES string of the molecule is O=C(NCc1ccc(F)cc1)N1CCc2nn(Cc3ccccc3)c(=O)n2CC1. The summed E-state index contributed by atoms with van der Waals surface area (Å²) in [4.78, 5) is 26.9. The molecule has 0 fully saturated rings. The number of benzene rings is 2. The van der Waals surface area contributed by atoms with Gasteiger partial charge in [0.1, 0.15) is 11.6 Å². The lowest BCUT2D eigenvalue weighted by molar-refractivity contribution is 0.198. The number of carbonyl (C=O) groups is 1. The molecule has 1 N–H and O–H groups in total. The molecule has 0 bridgehead atoms. The van der Waals surface area contributed by atoms with Gasteiger partial charge in [-0.1, -0.05) is 42.5 Å². The molecule has 8 heteroatoms. The van der Waals surface area contributed by atoms with Crippen LogP contribution in [0, 0.1) is 5.82 Å². The molecule has 4 rings (SSSR count). The fourth-order valence-electron chi connectivity index (χ4n) is 3.42. The number of nitrogens with one attached hydrogen (secondary N) is 1. The summed E-state index contributed by atoms with van der Waals surface area (Å²) in [6.45, 7) is 2.08. The molecule has 0 radical (unpaired) electrons. The van der Waals surface area contributed by atoms with Crippen molar-refractivity contribution in [1.29, 1.82) is 0 Å². The molecule has 2 amide bonds. The highest BCUT2D eigenvalue weighted by molar-refractivity contribution is 5.74. The first-order valence-corrected chi connectivity index (χ1v) is 9.58. The molecular weight excluding hydrogens is 373 g/mol. The molecular formula is C21H22FN5O2. The Morgan fingerprint density at radius 3 is 2.52 bits per heavy atom. The largest absolute Gasteiger partial charge is 0.346 e. The van der Waals surface area contributed by atoms with Crippen LogP contribution in [-0.2, 0) is 26.1 Å². The molecule has 3 aromatic rings. The van der Waals surface area contributed by atoms with Gasteiger partial charge in [0.25, 0.3) is 0 Å². The number of urea groups is 1. The van der Waals surface area contributed by atoms with E-state index < -0.39 is 0 Å². The maximum atomic E-state index is 13.0. The molecule has 1 aliphatic heterocycles. The van der Waals surface area contributed by atoms with Crippen LogP contribution < -0.4 is 11.0 Å². The summed E-state index contributed by atoms with van der Waals surface area (Å²) in [7, 11) is 0. The summed E-state index contributed by atoms with van der Waals surface area (Å²) in [6, 6.07) is 15.5. The van der Waals surface area contributed by atoms with E-state index >= 15 is 0 Å². The Morgan fingerprint density at radius 1 is 1.00 bits per heavy atom. The summed E-state index contributed by atoms with van der Waals surface area (Å²) < 4.78 is 16.1. The summed E-state index contributed by atoms with van der Waals surface area (Å²) >= 11 is 0. The van der Waals surface area contributed by atoms with Gasteiger partial charge in [0, 0.05) is 32.6 Å². The molecule has 7 nitrogen and oxygen atoms in total. The Balaban J connectivity index is 1.37. The van der Waals surface area contributed by atoms with Crippen LogP contribution in [0.15, 0.2) is 59.4 Å². The third-order valence-electron chi connectivity index (χ3n) is 5.02. The fraction of sp³-hybridized carbons (Fsp3) is 0.286. The topological polar surface area (TPSA) is 72.2 Å². The highest BCUT2D eigenvalue weighted by Crippen LogP contribution is 2.08. The van der Waals surface area contributed by atoms with Crippen molar-refractivity contribution in [2.24, 2.45) is 0 Å². The number of nitrogens with zero attached hydrogens (tertiary/aromatic N) is 4. The number of amides is 2. The van der Waals surface area contributed by atoms with Crippen molar-refractivity contribution in [3.63, 3.8) is 0 Å². The molecule has 0 aliphatic carbocycles. The summed E-state index contributed by atoms with van der Waals surface area (Å²) in [5.41, 5.74) is 1.69. The number of halogens is 1. The van der Waals surface area contributed by atoms with Gasteiger partial charge < -0.3 is 10.2 Å². The monoisotopic (exact) mass is 395 g/mol. The summed E-state index contributed by atoms with van der Waals surface area (Å²) in [6.07, 6.45) is 0.515. The van der Waals surface area contributed by atoms with Crippen LogP contribution in [0.25, 0.3) is 0 Å². The van der Waals surface area contributed by atoms with Crippen LogP contribution in [0.2, 0.25) is 0 Å². The minimum atomic E-state index is -0.306. The molecule has 1 aliphatic rings. The zero-order valence-corrected chi connectivity index (χ0v) is 15.9. The van der Waals surface area contributed by atoms with Crippen LogP contribution in [0.1, 0.15) is 17.0 Å². The number of aromatic nitrogens is 3. The van der Waals surface area contributed by atoms with Gasteiger partial charge in [-0.25, -0.2) is 18.7 Å². The predicted molar refractivity (Wildman–Crippen MR) is 106 cm³/mol. The van der Waals surface area contributed by atoms with Crippen molar-refractivity contribution in [2.45, 2.75) is 26.1 Å². The zero-order valence-electron chi connectivity index (χ0n) is 15.9. The van der Waals surface area contributed by atoms with Crippen molar-refractivity contribution < 1.29 is 9.18 Å². The number of hydrogen-bond acceptors (Lipinski definition) is 3. The van der Waals surface area contributed by atoms with Crippen molar-refractivity contribution >= 4 is 6.03 Å². The molecule has 1 aromatic heterocycles. The van der Waals surface area contributed by atoms with E-state index in [0.29, 0.717) is 45.0 Å². The third kappa shape index (κ3) is 4.37. The molecule has 0 spiro atoms. The average molecular weight is 395 g/mol. The van der Waals surface area contributed by atoms with Crippen LogP contribution in [0.3, 0.4) is 0 Å². The Kier molecular flexibility index (Phi) is 5.41. The second-order valence-corrected chi connectivity index (χ2v) is 7.02. The van der Waals surface area contributed by atoms with Gasteiger partial charge in [-0.3, -0.25) is 4.57 Å². The van der Waals surface area contributed by atoms with Gasteiger partial charge in [0.05, 0.1) is 6.54 Å². The molecule has 150 valence electrons. The lowest BCUT2D eigenvalue weighted by atomic mass is 10.2. The molecule has 0 atom stereocenters. The second-order valence-electron chi connectivity index (χ2n) is 7.02. The van der Waals surface area contributed by atoms with Gasteiger partial charge >= 0.3 is 11.7 Å². The lowest BCUT2D eigenvalue weighted by Crippen LogP contribution is -2.41. The normalized spacial score (nSPS) is 13.6. The van der Waals surface area contributed by atoms with E-state index in [0.717, 1.165) is 11.1 Å². The Hall–Kier alpha value is -3.42. The van der Waals surface area contributed by atoms with Gasteiger partial charge in [-0.15, -0.1) is 0 Å². The predicted octanol–water partition coefficient (Wildman–Crippen LogP) is 2.00. The first-order chi connectivity index (χ1) is 14.1. The fourth-order valence-corrected chi connectivity index (χ4v) is 3.42. The second kappa shape index (κ2) is 8.30. The van der Waals surface area contributed by atoms with E-state index in [4.69, 9.17) is 0 Å². The van der Waals surface area contributed by atoms with Crippen molar-refractivity contribution in [3.8, 4) is 0 Å². The molecule has 2 heterocycles. The molecule has 2 aromatic carbocycles. The first kappa shape index (κ1) is 18.9.